The van der Waals surface area contributed by atoms with Crippen LogP contribution in [0, 0.1) is 18.3 Å². The zero-order valence-corrected chi connectivity index (χ0v) is 16.2. The molecule has 1 aromatic heterocycles. The highest BCUT2D eigenvalue weighted by Gasteiger charge is 2.27. The maximum atomic E-state index is 13.3. The molecule has 1 aliphatic rings. The first-order chi connectivity index (χ1) is 13.5. The largest absolute Gasteiger partial charge is 0.384 e. The first kappa shape index (κ1) is 18.3. The minimum Gasteiger partial charge on any atom is -0.384 e. The third-order valence-electron chi connectivity index (χ3n) is 5.78. The van der Waals surface area contributed by atoms with Crippen LogP contribution in [0.25, 0.3) is 10.9 Å². The van der Waals surface area contributed by atoms with Gasteiger partial charge in [0.2, 0.25) is 0 Å². The molecule has 4 rings (SSSR count). The number of nitrogens with two attached hydrogens (primary N) is 1. The van der Waals surface area contributed by atoms with E-state index < -0.39 is 0 Å². The molecule has 5 nitrogen and oxygen atoms in total. The number of nitrogens with zero attached hydrogens (tertiary/aromatic N) is 1. The van der Waals surface area contributed by atoms with Crippen molar-refractivity contribution in [1.82, 2.24) is 9.88 Å². The Bertz CT molecular complexity index is 1010. The Labute approximate surface area is 165 Å². The van der Waals surface area contributed by atoms with Gasteiger partial charge in [-0.25, -0.2) is 0 Å². The highest BCUT2D eigenvalue weighted by atomic mass is 16.2. The Kier molecular flexibility index (Phi) is 4.90. The number of fused-ring (bicyclic) bond motifs is 1. The summed E-state index contributed by atoms with van der Waals surface area (Å²) in [5.41, 5.74) is 10.1. The molecule has 144 valence electrons. The molecule has 0 aliphatic carbocycles. The molecule has 0 radical (unpaired) electrons. The second-order valence-corrected chi connectivity index (χ2v) is 7.72. The SMILES string of the molecule is Cc1[nH]c2ccc(C(=N)N)cc2c1C(=O)N1CCC(Cc2ccccc2)CC1. The van der Waals surface area contributed by atoms with Crippen molar-refractivity contribution in [1.29, 1.82) is 5.41 Å². The summed E-state index contributed by atoms with van der Waals surface area (Å²) in [4.78, 5) is 18.5. The maximum absolute atomic E-state index is 13.3. The molecule has 4 N–H and O–H groups in total. The summed E-state index contributed by atoms with van der Waals surface area (Å²) in [6.07, 6.45) is 3.14. The number of piperidine rings is 1. The van der Waals surface area contributed by atoms with Gasteiger partial charge >= 0.3 is 0 Å². The van der Waals surface area contributed by atoms with Gasteiger partial charge in [-0.3, -0.25) is 10.2 Å². The summed E-state index contributed by atoms with van der Waals surface area (Å²) in [5.74, 6) is 0.711. The lowest BCUT2D eigenvalue weighted by Gasteiger charge is -2.32. The summed E-state index contributed by atoms with van der Waals surface area (Å²) in [6.45, 7) is 3.51. The van der Waals surface area contributed by atoms with Crippen molar-refractivity contribution >= 4 is 22.6 Å². The minimum absolute atomic E-state index is 0.0147. The quantitative estimate of drug-likeness (QED) is 0.478. The van der Waals surface area contributed by atoms with Gasteiger partial charge in [0, 0.05) is 35.2 Å². The first-order valence-electron chi connectivity index (χ1n) is 9.83. The van der Waals surface area contributed by atoms with Crippen molar-refractivity contribution < 1.29 is 4.79 Å². The minimum atomic E-state index is 0.0147. The molecule has 5 heteroatoms. The fraction of sp³-hybridized carbons (Fsp3) is 0.304. The average molecular weight is 374 g/mol. The fourth-order valence-corrected chi connectivity index (χ4v) is 4.22. The van der Waals surface area contributed by atoms with Crippen molar-refractivity contribution in [3.63, 3.8) is 0 Å². The van der Waals surface area contributed by atoms with E-state index in [1.165, 1.54) is 5.56 Å². The standard InChI is InChI=1S/C23H26N4O/c1-15-21(19-14-18(22(24)25)7-8-20(19)26-15)23(28)27-11-9-17(10-12-27)13-16-5-3-2-4-6-16/h2-8,14,17,26H,9-13H2,1H3,(H3,24,25). The van der Waals surface area contributed by atoms with Crippen LogP contribution in [0.2, 0.25) is 0 Å². The number of nitrogen functional groups attached to an aromatic ring is 1. The number of nitrogens with one attached hydrogen (secondary N) is 2. The van der Waals surface area contributed by atoms with Crippen LogP contribution >= 0.6 is 0 Å². The molecule has 0 spiro atoms. The number of aromatic amines is 1. The van der Waals surface area contributed by atoms with E-state index in [1.807, 2.05) is 36.1 Å². The lowest BCUT2D eigenvalue weighted by atomic mass is 9.90. The van der Waals surface area contributed by atoms with Gasteiger partial charge in [0.05, 0.1) is 5.56 Å². The Morgan fingerprint density at radius 2 is 1.89 bits per heavy atom. The third-order valence-corrected chi connectivity index (χ3v) is 5.78. The summed E-state index contributed by atoms with van der Waals surface area (Å²) < 4.78 is 0. The van der Waals surface area contributed by atoms with Gasteiger partial charge in [-0.15, -0.1) is 0 Å². The normalized spacial score (nSPS) is 15.1. The molecule has 0 unspecified atom stereocenters. The van der Waals surface area contributed by atoms with Crippen molar-refractivity contribution in [2.75, 3.05) is 13.1 Å². The molecular weight excluding hydrogens is 348 g/mol. The highest BCUT2D eigenvalue weighted by Crippen LogP contribution is 2.28. The highest BCUT2D eigenvalue weighted by molar-refractivity contribution is 6.10. The number of rotatable bonds is 4. The number of hydrogen-bond donors (Lipinski definition) is 3. The number of carbonyl (C=O) groups excluding carboxylic acids is 1. The number of amidine groups is 1. The molecule has 0 atom stereocenters. The Morgan fingerprint density at radius 1 is 1.18 bits per heavy atom. The van der Waals surface area contributed by atoms with Crippen LogP contribution < -0.4 is 5.73 Å². The van der Waals surface area contributed by atoms with Gasteiger partial charge in [0.25, 0.3) is 5.91 Å². The molecule has 2 heterocycles. The van der Waals surface area contributed by atoms with Gasteiger partial charge in [-0.05, 0) is 55.9 Å². The zero-order chi connectivity index (χ0) is 19.7. The average Bonchev–Trinajstić information content (AvgIpc) is 3.03. The van der Waals surface area contributed by atoms with Crippen molar-refractivity contribution in [3.8, 4) is 0 Å². The smallest absolute Gasteiger partial charge is 0.256 e. The number of benzene rings is 2. The van der Waals surface area contributed by atoms with Crippen molar-refractivity contribution in [3.05, 3.63) is 70.9 Å². The second kappa shape index (κ2) is 7.50. The summed E-state index contributed by atoms with van der Waals surface area (Å²) in [5, 5.41) is 8.53. The monoisotopic (exact) mass is 374 g/mol. The topological polar surface area (TPSA) is 86.0 Å². The molecule has 1 aliphatic heterocycles. The number of H-pyrrole nitrogens is 1. The molecule has 1 fully saturated rings. The van der Waals surface area contributed by atoms with E-state index in [0.29, 0.717) is 17.0 Å². The van der Waals surface area contributed by atoms with Gasteiger partial charge in [-0.2, -0.15) is 0 Å². The number of likely N-dealkylation sites (tertiary alicyclic amines) is 1. The first-order valence-corrected chi connectivity index (χ1v) is 9.83. The molecule has 0 saturated carbocycles. The lowest BCUT2D eigenvalue weighted by molar-refractivity contribution is 0.0692. The van der Waals surface area contributed by atoms with Gasteiger partial charge < -0.3 is 15.6 Å². The van der Waals surface area contributed by atoms with E-state index in [2.05, 4.69) is 29.2 Å². The predicted molar refractivity (Wildman–Crippen MR) is 113 cm³/mol. The Balaban J connectivity index is 1.50. The Morgan fingerprint density at radius 3 is 2.57 bits per heavy atom. The molecule has 1 saturated heterocycles. The van der Waals surface area contributed by atoms with Crippen LogP contribution in [0.1, 0.15) is 40.0 Å². The van der Waals surface area contributed by atoms with Crippen molar-refractivity contribution in [2.45, 2.75) is 26.2 Å². The van der Waals surface area contributed by atoms with Crippen LogP contribution in [-0.4, -0.2) is 34.7 Å². The molecule has 28 heavy (non-hydrogen) atoms. The maximum Gasteiger partial charge on any atom is 0.256 e. The molecule has 1 amide bonds. The van der Waals surface area contributed by atoms with Crippen LogP contribution in [0.3, 0.4) is 0 Å². The predicted octanol–water partition coefficient (Wildman–Crippen LogP) is 3.86. The lowest BCUT2D eigenvalue weighted by Crippen LogP contribution is -2.39. The molecule has 2 aromatic carbocycles. The number of aryl methyl sites for hydroxylation is 1. The van der Waals surface area contributed by atoms with Gasteiger partial charge in [0.15, 0.2) is 0 Å². The van der Waals surface area contributed by atoms with E-state index in [9.17, 15) is 4.79 Å². The fourth-order valence-electron chi connectivity index (χ4n) is 4.22. The van der Waals surface area contributed by atoms with E-state index >= 15 is 0 Å². The van der Waals surface area contributed by atoms with Crippen LogP contribution in [0.4, 0.5) is 0 Å². The number of carbonyl (C=O) groups is 1. The van der Waals surface area contributed by atoms with Crippen LogP contribution in [0.15, 0.2) is 48.5 Å². The number of aromatic nitrogens is 1. The van der Waals surface area contributed by atoms with Crippen molar-refractivity contribution in [2.24, 2.45) is 11.7 Å². The molecular formula is C23H26N4O. The number of hydrogen-bond acceptors (Lipinski definition) is 2. The molecule has 0 bridgehead atoms. The van der Waals surface area contributed by atoms with E-state index in [4.69, 9.17) is 11.1 Å². The summed E-state index contributed by atoms with van der Waals surface area (Å²) in [6, 6.07) is 16.1. The van der Waals surface area contributed by atoms with Gasteiger partial charge in [-0.1, -0.05) is 30.3 Å². The second-order valence-electron chi connectivity index (χ2n) is 7.72. The Hall–Kier alpha value is -3.08. The molecule has 3 aromatic rings. The van der Waals surface area contributed by atoms with E-state index in [-0.39, 0.29) is 11.7 Å². The third kappa shape index (κ3) is 3.52. The summed E-state index contributed by atoms with van der Waals surface area (Å²) in [7, 11) is 0. The summed E-state index contributed by atoms with van der Waals surface area (Å²) >= 11 is 0. The van der Waals surface area contributed by atoms with Crippen LogP contribution in [0.5, 0.6) is 0 Å². The number of amides is 1. The van der Waals surface area contributed by atoms with E-state index in [0.717, 1.165) is 48.9 Å². The van der Waals surface area contributed by atoms with E-state index in [1.54, 1.807) is 0 Å². The zero-order valence-electron chi connectivity index (χ0n) is 16.2. The van der Waals surface area contributed by atoms with Crippen LogP contribution in [-0.2, 0) is 6.42 Å². The van der Waals surface area contributed by atoms with Gasteiger partial charge in [0.1, 0.15) is 5.84 Å².